The molecule has 6 nitrogen and oxygen atoms in total. The van der Waals surface area contributed by atoms with Crippen LogP contribution in [0.2, 0.25) is 0 Å². The zero-order valence-corrected chi connectivity index (χ0v) is 10.2. The topological polar surface area (TPSA) is 68.5 Å². The molecular weight excluding hydrogens is 228 g/mol. The van der Waals surface area contributed by atoms with E-state index in [0.29, 0.717) is 6.04 Å². The Morgan fingerprint density at radius 1 is 1.11 bits per heavy atom. The number of hydrogen-bond donors (Lipinski definition) is 1. The molecule has 94 valence electrons. The van der Waals surface area contributed by atoms with E-state index in [9.17, 15) is 0 Å². The summed E-state index contributed by atoms with van der Waals surface area (Å²) >= 11 is 0. The van der Waals surface area contributed by atoms with Gasteiger partial charge in [-0.15, -0.1) is 0 Å². The van der Waals surface area contributed by atoms with Crippen molar-refractivity contribution in [3.8, 4) is 5.82 Å². The molecule has 18 heavy (non-hydrogen) atoms. The minimum absolute atomic E-state index is 0.539. The van der Waals surface area contributed by atoms with Crippen molar-refractivity contribution in [3.63, 3.8) is 0 Å². The molecule has 1 aliphatic carbocycles. The van der Waals surface area contributed by atoms with Crippen LogP contribution in [-0.4, -0.2) is 30.8 Å². The van der Waals surface area contributed by atoms with Crippen molar-refractivity contribution >= 4 is 5.82 Å². The highest BCUT2D eigenvalue weighted by molar-refractivity contribution is 5.40. The maximum atomic E-state index is 4.26. The summed E-state index contributed by atoms with van der Waals surface area (Å²) in [7, 11) is 0. The fraction of sp³-hybridized carbons (Fsp3) is 0.500. The average Bonchev–Trinajstić information content (AvgIpc) is 2.94. The highest BCUT2D eigenvalue weighted by atomic mass is 15.3. The van der Waals surface area contributed by atoms with Crippen molar-refractivity contribution in [1.29, 1.82) is 0 Å². The van der Waals surface area contributed by atoms with Gasteiger partial charge in [-0.1, -0.05) is 19.3 Å². The summed E-state index contributed by atoms with van der Waals surface area (Å²) in [4.78, 5) is 12.4. The first-order valence-electron chi connectivity index (χ1n) is 6.35. The van der Waals surface area contributed by atoms with Gasteiger partial charge in [-0.3, -0.25) is 0 Å². The Morgan fingerprint density at radius 3 is 2.78 bits per heavy atom. The lowest BCUT2D eigenvalue weighted by Crippen LogP contribution is -2.23. The quantitative estimate of drug-likeness (QED) is 0.891. The van der Waals surface area contributed by atoms with Gasteiger partial charge >= 0.3 is 0 Å². The van der Waals surface area contributed by atoms with E-state index in [-0.39, 0.29) is 0 Å². The Hall–Kier alpha value is -1.98. The molecule has 1 fully saturated rings. The Bertz CT molecular complexity index is 489. The minimum Gasteiger partial charge on any atom is -0.367 e. The van der Waals surface area contributed by atoms with E-state index in [1.54, 1.807) is 17.3 Å². The second-order valence-electron chi connectivity index (χ2n) is 4.58. The van der Waals surface area contributed by atoms with Gasteiger partial charge in [0, 0.05) is 12.1 Å². The molecule has 1 aliphatic rings. The van der Waals surface area contributed by atoms with Gasteiger partial charge in [0.2, 0.25) is 0 Å². The van der Waals surface area contributed by atoms with Crippen LogP contribution >= 0.6 is 0 Å². The molecule has 0 aromatic carbocycles. The highest BCUT2D eigenvalue weighted by Gasteiger charge is 2.13. The first-order chi connectivity index (χ1) is 8.92. The van der Waals surface area contributed by atoms with E-state index in [0.717, 1.165) is 11.6 Å². The third-order valence-corrected chi connectivity index (χ3v) is 3.26. The van der Waals surface area contributed by atoms with Crippen LogP contribution in [0.15, 0.2) is 25.0 Å². The van der Waals surface area contributed by atoms with Crippen molar-refractivity contribution < 1.29 is 0 Å². The number of nitrogens with zero attached hydrogens (tertiary/aromatic N) is 5. The Balaban J connectivity index is 1.74. The van der Waals surface area contributed by atoms with Crippen LogP contribution in [0, 0.1) is 0 Å². The van der Waals surface area contributed by atoms with E-state index < -0.39 is 0 Å². The Labute approximate surface area is 105 Å². The van der Waals surface area contributed by atoms with Crippen molar-refractivity contribution in [3.05, 3.63) is 25.0 Å². The maximum Gasteiger partial charge on any atom is 0.160 e. The first-order valence-corrected chi connectivity index (χ1v) is 6.35. The van der Waals surface area contributed by atoms with Gasteiger partial charge in [0.05, 0.1) is 0 Å². The van der Waals surface area contributed by atoms with Crippen LogP contribution in [-0.2, 0) is 0 Å². The van der Waals surface area contributed by atoms with Gasteiger partial charge in [-0.25, -0.2) is 19.6 Å². The molecule has 0 saturated heterocycles. The third-order valence-electron chi connectivity index (χ3n) is 3.26. The summed E-state index contributed by atoms with van der Waals surface area (Å²) < 4.78 is 1.63. The lowest BCUT2D eigenvalue weighted by atomic mass is 9.95. The van der Waals surface area contributed by atoms with Crippen LogP contribution < -0.4 is 5.32 Å². The maximum absolute atomic E-state index is 4.26. The van der Waals surface area contributed by atoms with Gasteiger partial charge in [-0.2, -0.15) is 5.10 Å². The number of nitrogens with one attached hydrogen (secondary N) is 1. The zero-order valence-electron chi connectivity index (χ0n) is 10.2. The molecule has 0 atom stereocenters. The Kier molecular flexibility index (Phi) is 3.16. The molecule has 0 amide bonds. The number of aromatic nitrogens is 5. The zero-order chi connectivity index (χ0) is 12.2. The van der Waals surface area contributed by atoms with Gasteiger partial charge in [0.15, 0.2) is 5.82 Å². The van der Waals surface area contributed by atoms with E-state index in [2.05, 4.69) is 25.4 Å². The predicted molar refractivity (Wildman–Crippen MR) is 67.4 cm³/mol. The summed E-state index contributed by atoms with van der Waals surface area (Å²) in [6.07, 6.45) is 11.1. The largest absolute Gasteiger partial charge is 0.367 e. The van der Waals surface area contributed by atoms with E-state index >= 15 is 0 Å². The number of hydrogen-bond acceptors (Lipinski definition) is 5. The van der Waals surface area contributed by atoms with Crippen molar-refractivity contribution in [2.75, 3.05) is 5.32 Å². The monoisotopic (exact) mass is 244 g/mol. The molecule has 2 aromatic heterocycles. The molecule has 0 unspecified atom stereocenters. The molecule has 2 aromatic rings. The van der Waals surface area contributed by atoms with Crippen molar-refractivity contribution in [1.82, 2.24) is 24.7 Å². The number of rotatable bonds is 3. The van der Waals surface area contributed by atoms with E-state index in [1.807, 2.05) is 6.07 Å². The molecular formula is C12H16N6. The van der Waals surface area contributed by atoms with Gasteiger partial charge in [0.1, 0.15) is 24.8 Å². The summed E-state index contributed by atoms with van der Waals surface area (Å²) in [6.45, 7) is 0. The van der Waals surface area contributed by atoms with E-state index in [1.165, 1.54) is 38.4 Å². The van der Waals surface area contributed by atoms with Crippen LogP contribution in [0.5, 0.6) is 0 Å². The lowest BCUT2D eigenvalue weighted by Gasteiger charge is -2.23. The second-order valence-corrected chi connectivity index (χ2v) is 4.58. The second kappa shape index (κ2) is 5.12. The molecule has 0 radical (unpaired) electrons. The van der Waals surface area contributed by atoms with E-state index in [4.69, 9.17) is 0 Å². The fourth-order valence-corrected chi connectivity index (χ4v) is 2.33. The molecule has 6 heteroatoms. The van der Waals surface area contributed by atoms with Crippen LogP contribution in [0.4, 0.5) is 5.82 Å². The molecule has 0 bridgehead atoms. The van der Waals surface area contributed by atoms with Gasteiger partial charge in [-0.05, 0) is 12.8 Å². The fourth-order valence-electron chi connectivity index (χ4n) is 2.33. The van der Waals surface area contributed by atoms with Gasteiger partial charge in [0.25, 0.3) is 0 Å². The minimum atomic E-state index is 0.539. The number of anilines is 1. The highest BCUT2D eigenvalue weighted by Crippen LogP contribution is 2.21. The standard InChI is InChI=1S/C12H16N6/c1-2-4-10(5-3-1)17-11-6-12(15-8-14-11)18-9-13-7-16-18/h6-10H,1-5H2,(H,14,15,17). The van der Waals surface area contributed by atoms with Gasteiger partial charge < -0.3 is 5.32 Å². The third kappa shape index (κ3) is 2.47. The smallest absolute Gasteiger partial charge is 0.160 e. The van der Waals surface area contributed by atoms with Crippen molar-refractivity contribution in [2.24, 2.45) is 0 Å². The normalized spacial score (nSPS) is 16.7. The Morgan fingerprint density at radius 2 is 2.00 bits per heavy atom. The first kappa shape index (κ1) is 11.1. The summed E-state index contributed by atoms with van der Waals surface area (Å²) in [5.41, 5.74) is 0. The summed E-state index contributed by atoms with van der Waals surface area (Å²) in [6, 6.07) is 2.45. The molecule has 0 spiro atoms. The predicted octanol–water partition coefficient (Wildman–Crippen LogP) is 1.80. The molecule has 1 N–H and O–H groups in total. The summed E-state index contributed by atoms with van der Waals surface area (Å²) in [5.74, 6) is 1.60. The molecule has 3 rings (SSSR count). The van der Waals surface area contributed by atoms with Crippen LogP contribution in [0.25, 0.3) is 5.82 Å². The average molecular weight is 244 g/mol. The molecule has 2 heterocycles. The van der Waals surface area contributed by atoms with Crippen LogP contribution in [0.3, 0.4) is 0 Å². The lowest BCUT2D eigenvalue weighted by molar-refractivity contribution is 0.462. The summed E-state index contributed by atoms with van der Waals surface area (Å²) in [5, 5.41) is 7.53. The SMILES string of the molecule is c1nc(NC2CCCCC2)cc(-n2cncn2)n1. The van der Waals surface area contributed by atoms with Crippen LogP contribution in [0.1, 0.15) is 32.1 Å². The molecule has 0 aliphatic heterocycles. The van der Waals surface area contributed by atoms with Crippen molar-refractivity contribution in [2.45, 2.75) is 38.1 Å². The molecule has 1 saturated carbocycles.